The standard InChI is InChI=1S/C23H23NO3S.H2O/c1-27-22-5-2-6-23(15-22)28(26)17-20-9-7-18(8-10-20)14-21(25)12-11-19-4-3-13-24-16-19;/h2-10,13,15-16H,11-12,14,17H2,1H3;1H2. The molecule has 5 nitrogen and oxygen atoms in total. The van der Waals surface area contributed by atoms with Crippen molar-refractivity contribution in [2.45, 2.75) is 29.9 Å². The van der Waals surface area contributed by atoms with Crippen LogP contribution in [0.5, 0.6) is 5.75 Å². The Bertz CT molecular complexity index is 943. The first-order valence-corrected chi connectivity index (χ1v) is 10.5. The summed E-state index contributed by atoms with van der Waals surface area (Å²) in [4.78, 5) is 17.0. The number of rotatable bonds is 9. The zero-order valence-electron chi connectivity index (χ0n) is 16.3. The van der Waals surface area contributed by atoms with Gasteiger partial charge < -0.3 is 10.2 Å². The average molecular weight is 412 g/mol. The number of aryl methyl sites for hydroxylation is 1. The van der Waals surface area contributed by atoms with Gasteiger partial charge in [-0.15, -0.1) is 0 Å². The largest absolute Gasteiger partial charge is 0.497 e. The Balaban J connectivity index is 0.00000300. The third-order valence-corrected chi connectivity index (χ3v) is 5.82. The Kier molecular flexibility index (Phi) is 8.70. The molecule has 0 saturated heterocycles. The van der Waals surface area contributed by atoms with Gasteiger partial charge in [0.05, 0.1) is 23.7 Å². The van der Waals surface area contributed by atoms with Crippen LogP contribution in [0.25, 0.3) is 0 Å². The van der Waals surface area contributed by atoms with E-state index < -0.39 is 10.8 Å². The predicted octanol–water partition coefficient (Wildman–Crippen LogP) is 3.32. The van der Waals surface area contributed by atoms with Gasteiger partial charge in [-0.3, -0.25) is 14.0 Å². The summed E-state index contributed by atoms with van der Waals surface area (Å²) in [6, 6.07) is 19.0. The molecule has 6 heteroatoms. The van der Waals surface area contributed by atoms with Crippen molar-refractivity contribution in [2.24, 2.45) is 0 Å². The Hall–Kier alpha value is -2.83. The van der Waals surface area contributed by atoms with E-state index in [9.17, 15) is 9.00 Å². The van der Waals surface area contributed by atoms with Crippen LogP contribution >= 0.6 is 0 Å². The van der Waals surface area contributed by atoms with Gasteiger partial charge in [0.1, 0.15) is 11.5 Å². The summed E-state index contributed by atoms with van der Waals surface area (Å²) in [5.41, 5.74) is 3.03. The summed E-state index contributed by atoms with van der Waals surface area (Å²) in [6.45, 7) is 0. The minimum absolute atomic E-state index is 0. The SMILES string of the molecule is COc1cccc(S(=O)Cc2ccc(CC(=O)CCc3cccnc3)cc2)c1.O. The quantitative estimate of drug-likeness (QED) is 0.540. The maximum Gasteiger partial charge on any atom is 0.137 e. The van der Waals surface area contributed by atoms with E-state index in [1.165, 1.54) is 0 Å². The number of ether oxygens (including phenoxy) is 1. The third kappa shape index (κ3) is 6.93. The monoisotopic (exact) mass is 411 g/mol. The highest BCUT2D eigenvalue weighted by Gasteiger charge is 2.08. The number of benzene rings is 2. The van der Waals surface area contributed by atoms with Gasteiger partial charge in [0.2, 0.25) is 0 Å². The molecule has 0 saturated carbocycles. The van der Waals surface area contributed by atoms with Crippen LogP contribution in [0.15, 0.2) is 78.0 Å². The van der Waals surface area contributed by atoms with Crippen molar-refractivity contribution in [3.63, 3.8) is 0 Å². The lowest BCUT2D eigenvalue weighted by atomic mass is 10.0. The van der Waals surface area contributed by atoms with Crippen LogP contribution < -0.4 is 4.74 Å². The maximum atomic E-state index is 12.6. The number of Topliss-reactive ketones (excluding diaryl/α,β-unsaturated/α-hetero) is 1. The first kappa shape index (κ1) is 22.5. The number of pyridine rings is 1. The molecule has 3 rings (SSSR count). The topological polar surface area (TPSA) is 87.8 Å². The number of methoxy groups -OCH3 is 1. The lowest BCUT2D eigenvalue weighted by Crippen LogP contribution is -2.05. The molecule has 2 N–H and O–H groups in total. The van der Waals surface area contributed by atoms with Crippen LogP contribution in [0.3, 0.4) is 0 Å². The van der Waals surface area contributed by atoms with Crippen molar-refractivity contribution in [3.8, 4) is 5.75 Å². The lowest BCUT2D eigenvalue weighted by molar-refractivity contribution is -0.118. The fraction of sp³-hybridized carbons (Fsp3) is 0.217. The second-order valence-corrected chi connectivity index (χ2v) is 8.01. The molecule has 3 aromatic rings. The van der Waals surface area contributed by atoms with Gasteiger partial charge in [-0.2, -0.15) is 0 Å². The minimum atomic E-state index is -1.14. The van der Waals surface area contributed by atoms with Crippen LogP contribution in [-0.2, 0) is 34.2 Å². The highest BCUT2D eigenvalue weighted by Crippen LogP contribution is 2.18. The van der Waals surface area contributed by atoms with E-state index in [2.05, 4.69) is 4.98 Å². The van der Waals surface area contributed by atoms with E-state index in [0.717, 1.165) is 21.6 Å². The Morgan fingerprint density at radius 3 is 2.45 bits per heavy atom. The highest BCUT2D eigenvalue weighted by atomic mass is 32.2. The summed E-state index contributed by atoms with van der Waals surface area (Å²) in [5, 5.41) is 0. The molecule has 0 spiro atoms. The fourth-order valence-electron chi connectivity index (χ4n) is 2.88. The first-order chi connectivity index (χ1) is 13.6. The van der Waals surface area contributed by atoms with Crippen molar-refractivity contribution in [1.29, 1.82) is 0 Å². The molecule has 0 fully saturated rings. The average Bonchev–Trinajstić information content (AvgIpc) is 2.74. The second kappa shape index (κ2) is 11.2. The van der Waals surface area contributed by atoms with E-state index in [1.54, 1.807) is 25.6 Å². The van der Waals surface area contributed by atoms with Crippen molar-refractivity contribution in [3.05, 3.63) is 89.7 Å². The van der Waals surface area contributed by atoms with E-state index in [-0.39, 0.29) is 11.3 Å². The van der Waals surface area contributed by atoms with Crippen LogP contribution in [0.1, 0.15) is 23.1 Å². The Morgan fingerprint density at radius 1 is 1.00 bits per heavy atom. The minimum Gasteiger partial charge on any atom is -0.497 e. The molecule has 0 aliphatic rings. The molecule has 0 radical (unpaired) electrons. The molecule has 1 heterocycles. The fourth-order valence-corrected chi connectivity index (χ4v) is 4.02. The Labute approximate surface area is 173 Å². The first-order valence-electron chi connectivity index (χ1n) is 9.15. The normalized spacial score (nSPS) is 11.3. The van der Waals surface area contributed by atoms with Crippen molar-refractivity contribution < 1.29 is 19.2 Å². The molecule has 152 valence electrons. The summed E-state index contributed by atoms with van der Waals surface area (Å²) in [7, 11) is 0.455. The second-order valence-electron chi connectivity index (χ2n) is 6.56. The number of nitrogens with zero attached hydrogens (tertiary/aromatic N) is 1. The smallest absolute Gasteiger partial charge is 0.137 e. The maximum absolute atomic E-state index is 12.6. The molecule has 1 unspecified atom stereocenters. The van der Waals surface area contributed by atoms with E-state index in [4.69, 9.17) is 4.74 Å². The zero-order valence-corrected chi connectivity index (χ0v) is 17.2. The van der Waals surface area contributed by atoms with Crippen molar-refractivity contribution >= 4 is 16.6 Å². The van der Waals surface area contributed by atoms with Gasteiger partial charge in [-0.1, -0.05) is 36.4 Å². The van der Waals surface area contributed by atoms with E-state index >= 15 is 0 Å². The molecular formula is C23H25NO4S. The summed E-state index contributed by atoms with van der Waals surface area (Å²) in [6.07, 6.45) is 5.16. The molecule has 1 aromatic heterocycles. The van der Waals surface area contributed by atoms with Crippen LogP contribution in [0.4, 0.5) is 0 Å². The summed E-state index contributed by atoms with van der Waals surface area (Å²) in [5.74, 6) is 1.34. The van der Waals surface area contributed by atoms with Crippen LogP contribution in [0, 0.1) is 0 Å². The molecule has 1 atom stereocenters. The summed E-state index contributed by atoms with van der Waals surface area (Å²) >= 11 is 0. The highest BCUT2D eigenvalue weighted by molar-refractivity contribution is 7.84. The molecule has 0 bridgehead atoms. The van der Waals surface area contributed by atoms with Gasteiger partial charge >= 0.3 is 0 Å². The zero-order chi connectivity index (χ0) is 19.8. The summed E-state index contributed by atoms with van der Waals surface area (Å²) < 4.78 is 17.7. The van der Waals surface area contributed by atoms with E-state index in [0.29, 0.717) is 30.8 Å². The van der Waals surface area contributed by atoms with E-state index in [1.807, 2.05) is 54.6 Å². The van der Waals surface area contributed by atoms with Crippen LogP contribution in [0.2, 0.25) is 0 Å². The number of carbonyl (C=O) groups is 1. The van der Waals surface area contributed by atoms with Gasteiger partial charge in [0.15, 0.2) is 0 Å². The molecular weight excluding hydrogens is 386 g/mol. The van der Waals surface area contributed by atoms with Crippen molar-refractivity contribution in [2.75, 3.05) is 7.11 Å². The third-order valence-electron chi connectivity index (χ3n) is 4.44. The molecule has 0 aliphatic carbocycles. The van der Waals surface area contributed by atoms with Crippen molar-refractivity contribution in [1.82, 2.24) is 4.98 Å². The Morgan fingerprint density at radius 2 is 1.76 bits per heavy atom. The number of hydrogen-bond acceptors (Lipinski definition) is 4. The molecule has 2 aromatic carbocycles. The molecule has 0 amide bonds. The molecule has 29 heavy (non-hydrogen) atoms. The van der Waals surface area contributed by atoms with Gasteiger partial charge in [-0.25, -0.2) is 0 Å². The number of ketones is 1. The molecule has 0 aliphatic heterocycles. The number of carbonyl (C=O) groups excluding carboxylic acids is 1. The predicted molar refractivity (Wildman–Crippen MR) is 114 cm³/mol. The van der Waals surface area contributed by atoms with Gasteiger partial charge in [0.25, 0.3) is 0 Å². The lowest BCUT2D eigenvalue weighted by Gasteiger charge is -2.06. The number of hydrogen-bond donors (Lipinski definition) is 0. The van der Waals surface area contributed by atoms with Crippen LogP contribution in [-0.4, -0.2) is 27.6 Å². The van der Waals surface area contributed by atoms with Gasteiger partial charge in [0, 0.05) is 30.1 Å². The van der Waals surface area contributed by atoms with Gasteiger partial charge in [-0.05, 0) is 47.4 Å². The number of aromatic nitrogens is 1.